The number of hydrogen-bond acceptors (Lipinski definition) is 4. The van der Waals surface area contributed by atoms with E-state index in [0.717, 1.165) is 9.87 Å². The molecule has 0 aliphatic rings. The Bertz CT molecular complexity index is 1800. The van der Waals surface area contributed by atoms with E-state index in [1.165, 1.54) is 35.2 Å². The fraction of sp³-hybridized carbons (Fsp3) is 0.235. The van der Waals surface area contributed by atoms with Gasteiger partial charge in [-0.1, -0.05) is 88.9 Å². The van der Waals surface area contributed by atoms with Crippen molar-refractivity contribution < 1.29 is 18.0 Å². The average Bonchev–Trinajstić information content (AvgIpc) is 2.99. The number of nitrogens with one attached hydrogen (secondary N) is 1. The molecule has 0 bridgehead atoms. The average molecular weight is 722 g/mol. The normalized spacial score (nSPS) is 12.3. The van der Waals surface area contributed by atoms with Crippen LogP contribution in [0, 0.1) is 0 Å². The molecule has 0 aromatic heterocycles. The van der Waals surface area contributed by atoms with E-state index >= 15 is 0 Å². The van der Waals surface area contributed by atoms with Gasteiger partial charge in [0.15, 0.2) is 0 Å². The van der Waals surface area contributed by atoms with Gasteiger partial charge in [0.2, 0.25) is 11.8 Å². The Morgan fingerprint density at radius 1 is 0.761 bits per heavy atom. The number of anilines is 1. The van der Waals surface area contributed by atoms with Crippen molar-refractivity contribution in [1.82, 2.24) is 10.2 Å². The van der Waals surface area contributed by atoms with Gasteiger partial charge in [-0.25, -0.2) is 8.42 Å². The van der Waals surface area contributed by atoms with Crippen LogP contribution in [0.4, 0.5) is 5.69 Å². The van der Waals surface area contributed by atoms with E-state index in [2.05, 4.69) is 5.32 Å². The molecule has 12 heteroatoms. The van der Waals surface area contributed by atoms with Crippen LogP contribution < -0.4 is 9.62 Å². The van der Waals surface area contributed by atoms with Crippen LogP contribution in [0.3, 0.4) is 0 Å². The van der Waals surface area contributed by atoms with E-state index < -0.39 is 40.0 Å². The molecule has 0 saturated carbocycles. The minimum Gasteiger partial charge on any atom is -0.350 e. The summed E-state index contributed by atoms with van der Waals surface area (Å²) < 4.78 is 29.2. The number of halogens is 4. The lowest BCUT2D eigenvalue weighted by Crippen LogP contribution is -2.56. The molecule has 0 radical (unpaired) electrons. The van der Waals surface area contributed by atoms with Gasteiger partial charge in [0.25, 0.3) is 10.0 Å². The minimum atomic E-state index is -4.31. The summed E-state index contributed by atoms with van der Waals surface area (Å²) in [7, 11) is -4.31. The van der Waals surface area contributed by atoms with Crippen LogP contribution in [0.1, 0.15) is 31.9 Å². The molecule has 4 aromatic carbocycles. The maximum absolute atomic E-state index is 14.5. The Hall–Kier alpha value is -3.27. The zero-order chi connectivity index (χ0) is 33.6. The fourth-order valence-corrected chi connectivity index (χ4v) is 6.77. The van der Waals surface area contributed by atoms with Crippen LogP contribution >= 0.6 is 46.4 Å². The van der Waals surface area contributed by atoms with Crippen molar-refractivity contribution in [2.24, 2.45) is 0 Å². The summed E-state index contributed by atoms with van der Waals surface area (Å²) >= 11 is 24.8. The molecule has 1 N–H and O–H groups in total. The molecule has 2 amide bonds. The highest BCUT2D eigenvalue weighted by molar-refractivity contribution is 7.92. The van der Waals surface area contributed by atoms with E-state index in [0.29, 0.717) is 15.6 Å². The number of nitrogens with zero attached hydrogens (tertiary/aromatic N) is 2. The van der Waals surface area contributed by atoms with Crippen LogP contribution in [0.15, 0.2) is 102 Å². The smallest absolute Gasteiger partial charge is 0.264 e. The molecule has 0 heterocycles. The highest BCUT2D eigenvalue weighted by Gasteiger charge is 2.35. The molecule has 0 spiro atoms. The van der Waals surface area contributed by atoms with Gasteiger partial charge in [0, 0.05) is 28.5 Å². The zero-order valence-corrected chi connectivity index (χ0v) is 29.2. The van der Waals surface area contributed by atoms with Gasteiger partial charge in [-0.2, -0.15) is 0 Å². The van der Waals surface area contributed by atoms with Crippen LogP contribution in [0.2, 0.25) is 20.1 Å². The van der Waals surface area contributed by atoms with E-state index in [1.54, 1.807) is 36.4 Å². The summed E-state index contributed by atoms with van der Waals surface area (Å²) in [6.07, 6.45) is 0.164. The number of carbonyl (C=O) groups excluding carboxylic acids is 2. The van der Waals surface area contributed by atoms with E-state index in [9.17, 15) is 18.0 Å². The molecule has 0 aliphatic heterocycles. The molecule has 0 unspecified atom stereocenters. The topological polar surface area (TPSA) is 86.8 Å². The van der Waals surface area contributed by atoms with Crippen LogP contribution in [0.5, 0.6) is 0 Å². The first-order valence-corrected chi connectivity index (χ1v) is 17.2. The minimum absolute atomic E-state index is 0.0604. The summed E-state index contributed by atoms with van der Waals surface area (Å²) in [5.41, 5.74) is 0.960. The third kappa shape index (κ3) is 9.39. The zero-order valence-electron chi connectivity index (χ0n) is 25.4. The number of rotatable bonds is 11. The number of hydrogen-bond donors (Lipinski definition) is 1. The molecule has 0 fully saturated rings. The van der Waals surface area contributed by atoms with Crippen molar-refractivity contribution in [2.75, 3.05) is 10.8 Å². The maximum atomic E-state index is 14.5. The largest absolute Gasteiger partial charge is 0.350 e. The second kappa shape index (κ2) is 15.1. The molecular formula is C34H33Cl4N3O4S. The quantitative estimate of drug-likeness (QED) is 0.170. The van der Waals surface area contributed by atoms with E-state index in [1.807, 2.05) is 51.1 Å². The molecule has 4 rings (SSSR count). The third-order valence-corrected chi connectivity index (χ3v) is 9.90. The predicted octanol–water partition coefficient (Wildman–Crippen LogP) is 8.05. The second-order valence-electron chi connectivity index (χ2n) is 11.7. The van der Waals surface area contributed by atoms with E-state index in [-0.39, 0.29) is 33.6 Å². The van der Waals surface area contributed by atoms with Gasteiger partial charge in [-0.3, -0.25) is 13.9 Å². The van der Waals surface area contributed by atoms with Crippen molar-refractivity contribution in [3.63, 3.8) is 0 Å². The van der Waals surface area contributed by atoms with Crippen LogP contribution in [-0.2, 0) is 32.6 Å². The molecular weight excluding hydrogens is 688 g/mol. The Kier molecular flexibility index (Phi) is 11.7. The monoisotopic (exact) mass is 719 g/mol. The SMILES string of the molecule is CC(C)(C)NC(=O)[C@@H](Cc1ccccc1)N(Cc1ccc(Cl)c(Cl)c1)C(=O)CN(c1cccc(Cl)c1)S(=O)(=O)c1ccc(Cl)cc1. The number of carbonyl (C=O) groups is 2. The maximum Gasteiger partial charge on any atom is 0.264 e. The summed E-state index contributed by atoms with van der Waals surface area (Å²) in [5.74, 6) is -1.03. The van der Waals surface area contributed by atoms with E-state index in [4.69, 9.17) is 46.4 Å². The Labute approximate surface area is 290 Å². The van der Waals surface area contributed by atoms with Crippen molar-refractivity contribution in [3.05, 3.63) is 128 Å². The highest BCUT2D eigenvalue weighted by Crippen LogP contribution is 2.29. The number of amides is 2. The molecule has 242 valence electrons. The Morgan fingerprint density at radius 2 is 1.43 bits per heavy atom. The molecule has 0 saturated heterocycles. The van der Waals surface area contributed by atoms with Gasteiger partial charge in [0.05, 0.1) is 20.6 Å². The molecule has 7 nitrogen and oxygen atoms in total. The van der Waals surface area contributed by atoms with Gasteiger partial charge in [-0.15, -0.1) is 0 Å². The standard InChI is InChI=1S/C34H33Cl4N3O4S/c1-34(2,3)39-33(43)31(19-23-8-5-4-6-9-23)40(21-24-12-17-29(37)30(38)18-24)32(42)22-41(27-11-7-10-26(36)20-27)46(44,45)28-15-13-25(35)14-16-28/h4-18,20,31H,19,21-22H2,1-3H3,(H,39,43)/t31-/m1/s1. The molecule has 4 aromatic rings. The van der Waals surface area contributed by atoms with Crippen molar-refractivity contribution in [3.8, 4) is 0 Å². The predicted molar refractivity (Wildman–Crippen MR) is 186 cm³/mol. The van der Waals surface area contributed by atoms with Crippen molar-refractivity contribution >= 4 is 73.9 Å². The molecule has 46 heavy (non-hydrogen) atoms. The summed E-state index contributed by atoms with van der Waals surface area (Å²) in [5, 5.41) is 4.23. The first kappa shape index (κ1) is 35.6. The first-order chi connectivity index (χ1) is 21.6. The fourth-order valence-electron chi connectivity index (χ4n) is 4.74. The van der Waals surface area contributed by atoms with Gasteiger partial charge >= 0.3 is 0 Å². The molecule has 1 atom stereocenters. The van der Waals surface area contributed by atoms with Crippen LogP contribution in [-0.4, -0.2) is 43.3 Å². The lowest BCUT2D eigenvalue weighted by Gasteiger charge is -2.35. The van der Waals surface area contributed by atoms with Gasteiger partial charge in [0.1, 0.15) is 12.6 Å². The van der Waals surface area contributed by atoms with Crippen molar-refractivity contribution in [2.45, 2.75) is 50.2 Å². The number of benzene rings is 4. The lowest BCUT2D eigenvalue weighted by molar-refractivity contribution is -0.140. The Morgan fingerprint density at radius 3 is 2.04 bits per heavy atom. The van der Waals surface area contributed by atoms with Crippen molar-refractivity contribution in [1.29, 1.82) is 0 Å². The number of sulfonamides is 1. The lowest BCUT2D eigenvalue weighted by atomic mass is 10.0. The molecule has 0 aliphatic carbocycles. The third-order valence-electron chi connectivity index (χ3n) is 6.88. The summed E-state index contributed by atoms with van der Waals surface area (Å²) in [6.45, 7) is 4.83. The van der Waals surface area contributed by atoms with Gasteiger partial charge < -0.3 is 10.2 Å². The Balaban J connectivity index is 1.83. The first-order valence-electron chi connectivity index (χ1n) is 14.3. The summed E-state index contributed by atoms with van der Waals surface area (Å²) in [6, 6.07) is 25.0. The van der Waals surface area contributed by atoms with Crippen LogP contribution in [0.25, 0.3) is 0 Å². The summed E-state index contributed by atoms with van der Waals surface area (Å²) in [4.78, 5) is 29.8. The van der Waals surface area contributed by atoms with Gasteiger partial charge in [-0.05, 0) is 86.5 Å². The second-order valence-corrected chi connectivity index (χ2v) is 15.2. The highest BCUT2D eigenvalue weighted by atomic mass is 35.5.